The highest BCUT2D eigenvalue weighted by atomic mass is 79.9. The van der Waals surface area contributed by atoms with E-state index in [1.165, 1.54) is 0 Å². The molecule has 2 nitrogen and oxygen atoms in total. The number of nitrogens with zero attached hydrogens (tertiary/aromatic N) is 2. The van der Waals surface area contributed by atoms with Gasteiger partial charge in [0.15, 0.2) is 0 Å². The van der Waals surface area contributed by atoms with Gasteiger partial charge < -0.3 is 0 Å². The first kappa shape index (κ1) is 9.17. The molecule has 3 heteroatoms. The van der Waals surface area contributed by atoms with E-state index in [2.05, 4.69) is 27.0 Å². The maximum atomic E-state index is 8.72. The average Bonchev–Trinajstić information content (AvgIpc) is 2.27. The Morgan fingerprint density at radius 2 is 2.14 bits per heavy atom. The SMILES string of the molecule is N#Cc1ccc2nc(CBr)ccc2c1. The number of halogens is 1. The van der Waals surface area contributed by atoms with Crippen LogP contribution in [0.4, 0.5) is 0 Å². The van der Waals surface area contributed by atoms with Gasteiger partial charge in [-0.2, -0.15) is 5.26 Å². The van der Waals surface area contributed by atoms with Gasteiger partial charge in [0, 0.05) is 10.7 Å². The maximum absolute atomic E-state index is 8.72. The Balaban J connectivity index is 2.64. The summed E-state index contributed by atoms with van der Waals surface area (Å²) in [7, 11) is 0. The van der Waals surface area contributed by atoms with E-state index in [1.54, 1.807) is 6.07 Å². The molecular formula is C11H7BrN2. The Labute approximate surface area is 90.3 Å². The monoisotopic (exact) mass is 246 g/mol. The molecule has 0 amide bonds. The predicted molar refractivity (Wildman–Crippen MR) is 59.1 cm³/mol. The van der Waals surface area contributed by atoms with Crippen LogP contribution in [0.15, 0.2) is 30.3 Å². The number of alkyl halides is 1. The lowest BCUT2D eigenvalue weighted by atomic mass is 10.1. The van der Waals surface area contributed by atoms with Crippen molar-refractivity contribution >= 4 is 26.8 Å². The lowest BCUT2D eigenvalue weighted by Crippen LogP contribution is -1.86. The fourth-order valence-electron chi connectivity index (χ4n) is 1.31. The second-order valence-electron chi connectivity index (χ2n) is 2.96. The lowest BCUT2D eigenvalue weighted by molar-refractivity contribution is 1.23. The molecule has 14 heavy (non-hydrogen) atoms. The summed E-state index contributed by atoms with van der Waals surface area (Å²) in [4.78, 5) is 4.41. The first-order valence-corrected chi connectivity index (χ1v) is 5.31. The standard InChI is InChI=1S/C11H7BrN2/c12-6-10-3-2-9-5-8(7-13)1-4-11(9)14-10/h1-5H,6H2. The molecule has 0 N–H and O–H groups in total. The van der Waals surface area contributed by atoms with Gasteiger partial charge in [-0.25, -0.2) is 0 Å². The number of hydrogen-bond acceptors (Lipinski definition) is 2. The van der Waals surface area contributed by atoms with Crippen molar-refractivity contribution in [1.82, 2.24) is 4.98 Å². The third-order valence-electron chi connectivity index (χ3n) is 2.01. The van der Waals surface area contributed by atoms with Crippen LogP contribution in [0.1, 0.15) is 11.3 Å². The van der Waals surface area contributed by atoms with Gasteiger partial charge in [-0.15, -0.1) is 0 Å². The zero-order chi connectivity index (χ0) is 9.97. The van der Waals surface area contributed by atoms with Crippen LogP contribution >= 0.6 is 15.9 Å². The van der Waals surface area contributed by atoms with Crippen LogP contribution in [0.3, 0.4) is 0 Å². The average molecular weight is 247 g/mol. The molecule has 0 aliphatic rings. The molecule has 0 atom stereocenters. The largest absolute Gasteiger partial charge is 0.252 e. The third-order valence-corrected chi connectivity index (χ3v) is 2.59. The van der Waals surface area contributed by atoms with Crippen molar-refractivity contribution in [3.63, 3.8) is 0 Å². The van der Waals surface area contributed by atoms with Crippen molar-refractivity contribution in [1.29, 1.82) is 5.26 Å². The molecule has 1 aromatic heterocycles. The van der Waals surface area contributed by atoms with Crippen LogP contribution in [-0.2, 0) is 5.33 Å². The van der Waals surface area contributed by atoms with Gasteiger partial charge in [-0.1, -0.05) is 22.0 Å². The Morgan fingerprint density at radius 1 is 1.29 bits per heavy atom. The minimum absolute atomic E-state index is 0.672. The van der Waals surface area contributed by atoms with Crippen molar-refractivity contribution in [3.05, 3.63) is 41.6 Å². The third kappa shape index (κ3) is 1.61. The zero-order valence-electron chi connectivity index (χ0n) is 7.37. The minimum Gasteiger partial charge on any atom is -0.252 e. The summed E-state index contributed by atoms with van der Waals surface area (Å²) in [5, 5.41) is 10.5. The second kappa shape index (κ2) is 3.77. The van der Waals surface area contributed by atoms with Gasteiger partial charge in [0.2, 0.25) is 0 Å². The number of hydrogen-bond donors (Lipinski definition) is 0. The Morgan fingerprint density at radius 3 is 2.86 bits per heavy atom. The molecule has 0 unspecified atom stereocenters. The number of pyridine rings is 1. The normalized spacial score (nSPS) is 10.0. The van der Waals surface area contributed by atoms with Crippen LogP contribution < -0.4 is 0 Å². The van der Waals surface area contributed by atoms with E-state index in [4.69, 9.17) is 5.26 Å². The summed E-state index contributed by atoms with van der Waals surface area (Å²) in [5.74, 6) is 0. The van der Waals surface area contributed by atoms with Gasteiger partial charge in [0.1, 0.15) is 0 Å². The molecule has 0 aliphatic carbocycles. The highest BCUT2D eigenvalue weighted by Crippen LogP contribution is 2.15. The van der Waals surface area contributed by atoms with E-state index in [1.807, 2.05) is 24.3 Å². The molecule has 0 bridgehead atoms. The van der Waals surface area contributed by atoms with Gasteiger partial charge in [-0.3, -0.25) is 4.98 Å². The Bertz CT molecular complexity index is 514. The fourth-order valence-corrected chi connectivity index (χ4v) is 1.62. The number of nitriles is 1. The highest BCUT2D eigenvalue weighted by molar-refractivity contribution is 9.08. The maximum Gasteiger partial charge on any atom is 0.0991 e. The fraction of sp³-hybridized carbons (Fsp3) is 0.0909. The van der Waals surface area contributed by atoms with Crippen molar-refractivity contribution in [2.45, 2.75) is 5.33 Å². The minimum atomic E-state index is 0.672. The number of benzene rings is 1. The molecule has 0 saturated heterocycles. The zero-order valence-corrected chi connectivity index (χ0v) is 8.95. The van der Waals surface area contributed by atoms with Gasteiger partial charge in [0.05, 0.1) is 22.8 Å². The summed E-state index contributed by atoms with van der Waals surface area (Å²) in [6.07, 6.45) is 0. The Hall–Kier alpha value is -1.40. The molecule has 2 aromatic rings. The van der Waals surface area contributed by atoms with Crippen LogP contribution in [0.2, 0.25) is 0 Å². The van der Waals surface area contributed by atoms with Crippen LogP contribution in [0, 0.1) is 11.3 Å². The van der Waals surface area contributed by atoms with Crippen LogP contribution in [0.25, 0.3) is 10.9 Å². The topological polar surface area (TPSA) is 36.7 Å². The van der Waals surface area contributed by atoms with Gasteiger partial charge in [0.25, 0.3) is 0 Å². The van der Waals surface area contributed by atoms with Crippen molar-refractivity contribution in [3.8, 4) is 6.07 Å². The molecule has 0 fully saturated rings. The summed E-state index contributed by atoms with van der Waals surface area (Å²) in [6.45, 7) is 0. The van der Waals surface area contributed by atoms with Gasteiger partial charge in [-0.05, 0) is 24.3 Å². The first-order chi connectivity index (χ1) is 6.83. The van der Waals surface area contributed by atoms with E-state index < -0.39 is 0 Å². The summed E-state index contributed by atoms with van der Waals surface area (Å²) < 4.78 is 0. The lowest BCUT2D eigenvalue weighted by Gasteiger charge is -1.99. The summed E-state index contributed by atoms with van der Waals surface area (Å²) >= 11 is 3.36. The Kier molecular flexibility index (Phi) is 2.47. The van der Waals surface area contributed by atoms with E-state index in [0.29, 0.717) is 5.56 Å². The molecular weight excluding hydrogens is 240 g/mol. The molecule has 0 radical (unpaired) electrons. The van der Waals surface area contributed by atoms with Crippen LogP contribution in [0.5, 0.6) is 0 Å². The molecule has 2 rings (SSSR count). The van der Waals surface area contributed by atoms with E-state index >= 15 is 0 Å². The smallest absolute Gasteiger partial charge is 0.0991 e. The number of aromatic nitrogens is 1. The number of rotatable bonds is 1. The van der Waals surface area contributed by atoms with Gasteiger partial charge >= 0.3 is 0 Å². The molecule has 68 valence electrons. The first-order valence-electron chi connectivity index (χ1n) is 4.19. The van der Waals surface area contributed by atoms with Crippen LogP contribution in [-0.4, -0.2) is 4.98 Å². The van der Waals surface area contributed by atoms with Crippen molar-refractivity contribution in [2.75, 3.05) is 0 Å². The number of fused-ring (bicyclic) bond motifs is 1. The molecule has 1 heterocycles. The summed E-state index contributed by atoms with van der Waals surface area (Å²) in [6, 6.07) is 11.6. The van der Waals surface area contributed by atoms with E-state index in [0.717, 1.165) is 21.9 Å². The summed E-state index contributed by atoms with van der Waals surface area (Å²) in [5.41, 5.74) is 2.61. The molecule has 0 saturated carbocycles. The highest BCUT2D eigenvalue weighted by Gasteiger charge is 1.98. The molecule has 0 aliphatic heterocycles. The van der Waals surface area contributed by atoms with Crippen molar-refractivity contribution < 1.29 is 0 Å². The van der Waals surface area contributed by atoms with Crippen molar-refractivity contribution in [2.24, 2.45) is 0 Å². The van der Waals surface area contributed by atoms with E-state index in [9.17, 15) is 0 Å². The quantitative estimate of drug-likeness (QED) is 0.726. The van der Waals surface area contributed by atoms with E-state index in [-0.39, 0.29) is 0 Å². The second-order valence-corrected chi connectivity index (χ2v) is 3.52. The predicted octanol–water partition coefficient (Wildman–Crippen LogP) is 3.00. The molecule has 1 aromatic carbocycles. The molecule has 0 spiro atoms.